The van der Waals surface area contributed by atoms with E-state index in [1.165, 1.54) is 12.1 Å². The second-order valence-corrected chi connectivity index (χ2v) is 6.05. The SMILES string of the molecule is OC(CNCc1cc(F)ccc1Br)COCC1CCCO1. The summed E-state index contributed by atoms with van der Waals surface area (Å²) >= 11 is 3.37. The van der Waals surface area contributed by atoms with E-state index < -0.39 is 6.10 Å². The van der Waals surface area contributed by atoms with Crippen molar-refractivity contribution in [2.75, 3.05) is 26.4 Å². The molecular formula is C15H21BrFNO3. The Hall–Kier alpha value is -0.530. The minimum Gasteiger partial charge on any atom is -0.389 e. The van der Waals surface area contributed by atoms with E-state index in [0.29, 0.717) is 19.7 Å². The summed E-state index contributed by atoms with van der Waals surface area (Å²) in [4.78, 5) is 0. The largest absolute Gasteiger partial charge is 0.389 e. The summed E-state index contributed by atoms with van der Waals surface area (Å²) in [5.41, 5.74) is 0.822. The zero-order valence-electron chi connectivity index (χ0n) is 11.9. The Morgan fingerprint density at radius 3 is 3.14 bits per heavy atom. The molecule has 2 unspecified atom stereocenters. The molecule has 0 bridgehead atoms. The zero-order chi connectivity index (χ0) is 15.1. The maximum atomic E-state index is 13.1. The molecule has 0 aliphatic carbocycles. The number of aliphatic hydroxyl groups excluding tert-OH is 1. The molecule has 6 heteroatoms. The van der Waals surface area contributed by atoms with Crippen molar-refractivity contribution in [2.24, 2.45) is 0 Å². The number of benzene rings is 1. The smallest absolute Gasteiger partial charge is 0.123 e. The lowest BCUT2D eigenvalue weighted by Gasteiger charge is -2.15. The normalized spacial score (nSPS) is 19.9. The van der Waals surface area contributed by atoms with Crippen LogP contribution in [0.4, 0.5) is 4.39 Å². The summed E-state index contributed by atoms with van der Waals surface area (Å²) in [6, 6.07) is 4.55. The molecule has 0 aromatic heterocycles. The molecule has 118 valence electrons. The van der Waals surface area contributed by atoms with Crippen LogP contribution in [0.15, 0.2) is 22.7 Å². The molecule has 1 aliphatic heterocycles. The Kier molecular flexibility index (Phi) is 7.06. The summed E-state index contributed by atoms with van der Waals surface area (Å²) in [7, 11) is 0. The Morgan fingerprint density at radius 1 is 1.52 bits per heavy atom. The van der Waals surface area contributed by atoms with Crippen molar-refractivity contribution in [3.63, 3.8) is 0 Å². The number of hydrogen-bond donors (Lipinski definition) is 2. The second kappa shape index (κ2) is 8.80. The summed E-state index contributed by atoms with van der Waals surface area (Å²) in [6.45, 7) is 2.50. The van der Waals surface area contributed by atoms with Crippen molar-refractivity contribution >= 4 is 15.9 Å². The van der Waals surface area contributed by atoms with Crippen molar-refractivity contribution in [1.29, 1.82) is 0 Å². The van der Waals surface area contributed by atoms with E-state index in [-0.39, 0.29) is 18.5 Å². The van der Waals surface area contributed by atoms with E-state index in [9.17, 15) is 9.50 Å². The molecule has 1 aromatic carbocycles. The molecule has 2 atom stereocenters. The molecule has 1 heterocycles. The van der Waals surface area contributed by atoms with Gasteiger partial charge in [-0.05, 0) is 36.6 Å². The standard InChI is InChI=1S/C15H21BrFNO3/c16-15-4-3-12(17)6-11(15)7-18-8-13(19)9-20-10-14-2-1-5-21-14/h3-4,6,13-14,18-19H,1-2,5,7-10H2. The third kappa shape index (κ3) is 6.00. The van der Waals surface area contributed by atoms with Crippen molar-refractivity contribution in [3.05, 3.63) is 34.1 Å². The van der Waals surface area contributed by atoms with Gasteiger partial charge in [-0.25, -0.2) is 4.39 Å². The van der Waals surface area contributed by atoms with Crippen molar-refractivity contribution in [1.82, 2.24) is 5.32 Å². The van der Waals surface area contributed by atoms with Crippen molar-refractivity contribution in [2.45, 2.75) is 31.6 Å². The summed E-state index contributed by atoms with van der Waals surface area (Å²) < 4.78 is 24.8. The number of aliphatic hydroxyl groups is 1. The molecule has 2 rings (SSSR count). The highest BCUT2D eigenvalue weighted by Gasteiger charge is 2.16. The number of halogens is 2. The van der Waals surface area contributed by atoms with E-state index in [1.54, 1.807) is 6.07 Å². The van der Waals surface area contributed by atoms with Crippen LogP contribution < -0.4 is 5.32 Å². The van der Waals surface area contributed by atoms with Gasteiger partial charge in [0, 0.05) is 24.2 Å². The molecule has 1 aliphatic rings. The van der Waals surface area contributed by atoms with Crippen LogP contribution >= 0.6 is 15.9 Å². The van der Waals surface area contributed by atoms with Crippen LogP contribution in [0.25, 0.3) is 0 Å². The lowest BCUT2D eigenvalue weighted by molar-refractivity contribution is -0.0164. The quantitative estimate of drug-likeness (QED) is 0.745. The highest BCUT2D eigenvalue weighted by atomic mass is 79.9. The van der Waals surface area contributed by atoms with Gasteiger partial charge in [0.2, 0.25) is 0 Å². The number of hydrogen-bond acceptors (Lipinski definition) is 4. The van der Waals surface area contributed by atoms with Gasteiger partial charge in [0.15, 0.2) is 0 Å². The van der Waals surface area contributed by atoms with Crippen LogP contribution in [0.1, 0.15) is 18.4 Å². The predicted octanol–water partition coefficient (Wildman–Crippen LogP) is 2.23. The van der Waals surface area contributed by atoms with Gasteiger partial charge >= 0.3 is 0 Å². The van der Waals surface area contributed by atoms with Crippen LogP contribution in [0.5, 0.6) is 0 Å². The Labute approximate surface area is 132 Å². The minimum absolute atomic E-state index is 0.174. The average Bonchev–Trinajstić information content (AvgIpc) is 2.96. The first-order valence-corrected chi connectivity index (χ1v) is 7.96. The summed E-state index contributed by atoms with van der Waals surface area (Å²) in [5.74, 6) is -0.268. The fraction of sp³-hybridized carbons (Fsp3) is 0.600. The first kappa shape index (κ1) is 16.8. The molecule has 0 saturated carbocycles. The molecule has 21 heavy (non-hydrogen) atoms. The first-order valence-electron chi connectivity index (χ1n) is 7.17. The average molecular weight is 362 g/mol. The summed E-state index contributed by atoms with van der Waals surface area (Å²) in [6.07, 6.45) is 1.70. The predicted molar refractivity (Wildman–Crippen MR) is 81.6 cm³/mol. The van der Waals surface area contributed by atoms with Crippen LogP contribution in [-0.4, -0.2) is 43.7 Å². The molecule has 0 spiro atoms. The van der Waals surface area contributed by atoms with Crippen molar-refractivity contribution in [3.8, 4) is 0 Å². The van der Waals surface area contributed by atoms with E-state index in [2.05, 4.69) is 21.2 Å². The fourth-order valence-corrected chi connectivity index (χ4v) is 2.61. The Balaban J connectivity index is 1.60. The van der Waals surface area contributed by atoms with Crippen LogP contribution in [0.3, 0.4) is 0 Å². The molecule has 4 nitrogen and oxygen atoms in total. The number of rotatable bonds is 8. The van der Waals surface area contributed by atoms with E-state index in [1.807, 2.05) is 0 Å². The third-order valence-corrected chi connectivity index (χ3v) is 4.11. The molecule has 1 fully saturated rings. The van der Waals surface area contributed by atoms with E-state index >= 15 is 0 Å². The fourth-order valence-electron chi connectivity index (χ4n) is 2.22. The number of ether oxygens (including phenoxy) is 2. The Bertz CT molecular complexity index is 441. The Morgan fingerprint density at radius 2 is 2.38 bits per heavy atom. The van der Waals surface area contributed by atoms with Crippen molar-refractivity contribution < 1.29 is 19.0 Å². The van der Waals surface area contributed by atoms with Gasteiger partial charge in [0.05, 0.1) is 25.4 Å². The number of nitrogens with one attached hydrogen (secondary N) is 1. The lowest BCUT2D eigenvalue weighted by Crippen LogP contribution is -2.31. The second-order valence-electron chi connectivity index (χ2n) is 5.19. The van der Waals surface area contributed by atoms with Gasteiger partial charge in [-0.2, -0.15) is 0 Å². The van der Waals surface area contributed by atoms with Crippen LogP contribution in [0, 0.1) is 5.82 Å². The minimum atomic E-state index is -0.585. The van der Waals surface area contributed by atoms with Gasteiger partial charge in [-0.3, -0.25) is 0 Å². The topological polar surface area (TPSA) is 50.7 Å². The maximum Gasteiger partial charge on any atom is 0.123 e. The van der Waals surface area contributed by atoms with E-state index in [0.717, 1.165) is 29.5 Å². The highest BCUT2D eigenvalue weighted by molar-refractivity contribution is 9.10. The zero-order valence-corrected chi connectivity index (χ0v) is 13.4. The molecule has 0 radical (unpaired) electrons. The van der Waals surface area contributed by atoms with E-state index in [4.69, 9.17) is 9.47 Å². The lowest BCUT2D eigenvalue weighted by atomic mass is 10.2. The molecular weight excluding hydrogens is 341 g/mol. The maximum absolute atomic E-state index is 13.1. The molecule has 2 N–H and O–H groups in total. The van der Waals surface area contributed by atoms with Crippen LogP contribution in [-0.2, 0) is 16.0 Å². The van der Waals surface area contributed by atoms with Crippen LogP contribution in [0.2, 0.25) is 0 Å². The third-order valence-electron chi connectivity index (χ3n) is 3.34. The summed E-state index contributed by atoms with van der Waals surface area (Å²) in [5, 5.41) is 12.9. The van der Waals surface area contributed by atoms with Gasteiger partial charge in [0.1, 0.15) is 5.82 Å². The highest BCUT2D eigenvalue weighted by Crippen LogP contribution is 2.17. The molecule has 1 aromatic rings. The van der Waals surface area contributed by atoms with Gasteiger partial charge in [-0.15, -0.1) is 0 Å². The van der Waals surface area contributed by atoms with Gasteiger partial charge < -0.3 is 19.9 Å². The van der Waals surface area contributed by atoms with Gasteiger partial charge in [-0.1, -0.05) is 15.9 Å². The molecule has 1 saturated heterocycles. The van der Waals surface area contributed by atoms with Gasteiger partial charge in [0.25, 0.3) is 0 Å². The monoisotopic (exact) mass is 361 g/mol. The first-order chi connectivity index (χ1) is 10.1. The molecule has 0 amide bonds.